The lowest BCUT2D eigenvalue weighted by molar-refractivity contribution is -0.938. The molecule has 0 saturated carbocycles. The normalized spacial score (nSPS) is 11.7. The highest BCUT2D eigenvalue weighted by molar-refractivity contribution is 5.39. The lowest BCUT2D eigenvalue weighted by Gasteiger charge is -2.37. The minimum atomic E-state index is -0.316. The zero-order valence-electron chi connectivity index (χ0n) is 27.5. The standard InChI is InChI=1S/C33H49N6O6/c1-6-39(7-2,25-28-17-11-12-18-29(28)38(44)45)22-16-10-15-21-37-31(41)24-27(4)36(33(37)43)20-14-9-8-13-19-35-26(3)23-30(40)34(5)32(35)42/h11-12,17-18,23-24H,6-10,13-16,19-22,25H2,1-5H3/q+1. The molecule has 45 heavy (non-hydrogen) atoms. The van der Waals surface area contributed by atoms with E-state index in [2.05, 4.69) is 13.8 Å². The summed E-state index contributed by atoms with van der Waals surface area (Å²) >= 11 is 0. The average Bonchev–Trinajstić information content (AvgIpc) is 3.01. The van der Waals surface area contributed by atoms with Gasteiger partial charge in [0, 0.05) is 56.3 Å². The Bertz CT molecular complexity index is 1700. The number of nitro benzene ring substituents is 1. The Hall–Kier alpha value is -4.06. The summed E-state index contributed by atoms with van der Waals surface area (Å²) in [7, 11) is 1.48. The van der Waals surface area contributed by atoms with E-state index in [0.717, 1.165) is 72.8 Å². The van der Waals surface area contributed by atoms with Crippen LogP contribution in [0.25, 0.3) is 0 Å². The summed E-state index contributed by atoms with van der Waals surface area (Å²) in [5.74, 6) is 0. The van der Waals surface area contributed by atoms with Crippen LogP contribution in [0.4, 0.5) is 5.69 Å². The Morgan fingerprint density at radius 2 is 1.22 bits per heavy atom. The molecule has 0 atom stereocenters. The Labute approximate surface area is 263 Å². The fourth-order valence-corrected chi connectivity index (χ4v) is 6.07. The minimum absolute atomic E-state index is 0.158. The molecule has 246 valence electrons. The molecule has 0 N–H and O–H groups in total. The maximum Gasteiger partial charge on any atom is 0.331 e. The Kier molecular flexibility index (Phi) is 12.8. The van der Waals surface area contributed by atoms with Gasteiger partial charge < -0.3 is 4.48 Å². The first-order valence-corrected chi connectivity index (χ1v) is 16.1. The first-order chi connectivity index (χ1) is 21.4. The molecule has 0 spiro atoms. The molecule has 2 aromatic heterocycles. The maximum atomic E-state index is 13.3. The highest BCUT2D eigenvalue weighted by Gasteiger charge is 2.27. The van der Waals surface area contributed by atoms with Gasteiger partial charge in [0.25, 0.3) is 16.8 Å². The minimum Gasteiger partial charge on any atom is -0.320 e. The Morgan fingerprint density at radius 1 is 0.711 bits per heavy atom. The number of nitro groups is 1. The van der Waals surface area contributed by atoms with Crippen LogP contribution in [0.1, 0.15) is 75.7 Å². The molecule has 0 amide bonds. The van der Waals surface area contributed by atoms with Crippen molar-refractivity contribution in [2.45, 2.75) is 98.8 Å². The van der Waals surface area contributed by atoms with E-state index < -0.39 is 0 Å². The summed E-state index contributed by atoms with van der Waals surface area (Å²) in [5, 5.41) is 11.5. The molecule has 3 aromatic rings. The molecule has 0 aliphatic carbocycles. The van der Waals surface area contributed by atoms with Gasteiger partial charge in [0.15, 0.2) is 0 Å². The second-order valence-corrected chi connectivity index (χ2v) is 12.0. The van der Waals surface area contributed by atoms with Crippen molar-refractivity contribution < 1.29 is 9.41 Å². The van der Waals surface area contributed by atoms with Crippen LogP contribution in [-0.4, -0.2) is 47.3 Å². The van der Waals surface area contributed by atoms with Crippen LogP contribution in [0.15, 0.2) is 55.6 Å². The summed E-state index contributed by atoms with van der Waals surface area (Å²) in [6.45, 7) is 12.3. The van der Waals surface area contributed by atoms with E-state index in [0.29, 0.717) is 44.0 Å². The largest absolute Gasteiger partial charge is 0.331 e. The second-order valence-electron chi connectivity index (χ2n) is 12.0. The van der Waals surface area contributed by atoms with Gasteiger partial charge in [-0.05, 0) is 65.9 Å². The van der Waals surface area contributed by atoms with Gasteiger partial charge in [-0.1, -0.05) is 25.0 Å². The van der Waals surface area contributed by atoms with E-state index in [1.165, 1.54) is 23.7 Å². The van der Waals surface area contributed by atoms with Crippen molar-refractivity contribution in [1.82, 2.24) is 18.3 Å². The van der Waals surface area contributed by atoms with Crippen LogP contribution in [-0.2, 0) is 33.2 Å². The summed E-state index contributed by atoms with van der Waals surface area (Å²) < 4.78 is 6.47. The highest BCUT2D eigenvalue weighted by atomic mass is 16.6. The van der Waals surface area contributed by atoms with E-state index in [9.17, 15) is 29.3 Å². The van der Waals surface area contributed by atoms with Crippen molar-refractivity contribution in [1.29, 1.82) is 0 Å². The van der Waals surface area contributed by atoms with Crippen LogP contribution in [0.5, 0.6) is 0 Å². The fraction of sp³-hybridized carbons (Fsp3) is 0.576. The van der Waals surface area contributed by atoms with Crippen molar-refractivity contribution in [3.05, 3.63) is 105 Å². The molecule has 0 bridgehead atoms. The van der Waals surface area contributed by atoms with E-state index >= 15 is 0 Å². The number of aryl methyl sites for hydroxylation is 2. The lowest BCUT2D eigenvalue weighted by atomic mass is 10.1. The number of quaternary nitrogens is 1. The summed E-state index contributed by atoms with van der Waals surface area (Å²) in [6.07, 6.45) is 5.72. The van der Waals surface area contributed by atoms with Crippen molar-refractivity contribution in [3.63, 3.8) is 0 Å². The molecular weight excluding hydrogens is 576 g/mol. The van der Waals surface area contributed by atoms with Crippen molar-refractivity contribution in [3.8, 4) is 0 Å². The Balaban J connectivity index is 1.51. The van der Waals surface area contributed by atoms with Crippen LogP contribution in [0.3, 0.4) is 0 Å². The molecule has 0 unspecified atom stereocenters. The van der Waals surface area contributed by atoms with Gasteiger partial charge in [-0.25, -0.2) is 9.59 Å². The first-order valence-electron chi connectivity index (χ1n) is 16.1. The molecule has 12 heteroatoms. The van der Waals surface area contributed by atoms with Crippen LogP contribution < -0.4 is 22.5 Å². The third kappa shape index (κ3) is 9.00. The molecule has 1 aromatic carbocycles. The highest BCUT2D eigenvalue weighted by Crippen LogP contribution is 2.24. The number of benzene rings is 1. The predicted octanol–water partition coefficient (Wildman–Crippen LogP) is 3.88. The van der Waals surface area contributed by atoms with Crippen molar-refractivity contribution >= 4 is 5.69 Å². The average molecular weight is 626 g/mol. The fourth-order valence-electron chi connectivity index (χ4n) is 6.07. The van der Waals surface area contributed by atoms with Gasteiger partial charge in [-0.3, -0.25) is 38.0 Å². The van der Waals surface area contributed by atoms with Gasteiger partial charge in [0.1, 0.15) is 6.54 Å². The number of aromatic nitrogens is 4. The molecule has 0 saturated heterocycles. The molecule has 0 aliphatic heterocycles. The van der Waals surface area contributed by atoms with Gasteiger partial charge in [0.05, 0.1) is 30.1 Å². The van der Waals surface area contributed by atoms with E-state index in [4.69, 9.17) is 0 Å². The van der Waals surface area contributed by atoms with Crippen molar-refractivity contribution in [2.24, 2.45) is 7.05 Å². The van der Waals surface area contributed by atoms with Gasteiger partial charge in [0.2, 0.25) is 0 Å². The van der Waals surface area contributed by atoms with Gasteiger partial charge in [-0.15, -0.1) is 0 Å². The number of hydrogen-bond donors (Lipinski definition) is 0. The number of hydrogen-bond acceptors (Lipinski definition) is 6. The lowest BCUT2D eigenvalue weighted by Crippen LogP contribution is -2.47. The summed E-state index contributed by atoms with van der Waals surface area (Å²) in [4.78, 5) is 61.3. The molecule has 0 radical (unpaired) electrons. The molecule has 0 aliphatic rings. The molecule has 3 rings (SSSR count). The first kappa shape index (κ1) is 35.4. The molecule has 2 heterocycles. The van der Waals surface area contributed by atoms with Crippen LogP contribution in [0, 0.1) is 24.0 Å². The smallest absolute Gasteiger partial charge is 0.320 e. The second kappa shape index (κ2) is 16.3. The molecular formula is C33H49N6O6+. The number of para-hydroxylation sites is 1. The van der Waals surface area contributed by atoms with Crippen molar-refractivity contribution in [2.75, 3.05) is 19.6 Å². The van der Waals surface area contributed by atoms with E-state index in [-0.39, 0.29) is 33.1 Å². The predicted molar refractivity (Wildman–Crippen MR) is 176 cm³/mol. The molecule has 0 fully saturated rings. The van der Waals surface area contributed by atoms with E-state index in [1.54, 1.807) is 35.1 Å². The van der Waals surface area contributed by atoms with Crippen LogP contribution in [0.2, 0.25) is 0 Å². The topological polar surface area (TPSA) is 131 Å². The third-order valence-electron chi connectivity index (χ3n) is 9.16. The monoisotopic (exact) mass is 625 g/mol. The zero-order valence-corrected chi connectivity index (χ0v) is 27.5. The van der Waals surface area contributed by atoms with Gasteiger partial charge >= 0.3 is 11.4 Å². The van der Waals surface area contributed by atoms with E-state index in [1.807, 2.05) is 12.1 Å². The zero-order chi connectivity index (χ0) is 33.1. The number of nitrogens with zero attached hydrogens (tertiary/aromatic N) is 6. The summed E-state index contributed by atoms with van der Waals surface area (Å²) in [5.41, 5.74) is 1.03. The number of unbranched alkanes of at least 4 members (excludes halogenated alkanes) is 5. The summed E-state index contributed by atoms with van der Waals surface area (Å²) in [6, 6.07) is 9.93. The number of rotatable bonds is 18. The molecule has 12 nitrogen and oxygen atoms in total. The Morgan fingerprint density at radius 3 is 1.80 bits per heavy atom. The SMILES string of the molecule is CC[N+](CC)(CCCCCn1c(=O)cc(C)n(CCCCCCn2c(C)cc(=O)n(C)c2=O)c1=O)Cc1ccccc1[N+](=O)[O-]. The third-order valence-corrected chi connectivity index (χ3v) is 9.16. The maximum absolute atomic E-state index is 13.3. The van der Waals surface area contributed by atoms with Crippen LogP contribution >= 0.6 is 0 Å². The quantitative estimate of drug-likeness (QED) is 0.0913. The van der Waals surface area contributed by atoms with Gasteiger partial charge in [-0.2, -0.15) is 0 Å².